The second kappa shape index (κ2) is 9.73. The number of nitrogens with zero attached hydrogens (tertiary/aromatic N) is 1. The van der Waals surface area contributed by atoms with Crippen molar-refractivity contribution in [2.75, 3.05) is 11.9 Å². The lowest BCUT2D eigenvalue weighted by Gasteiger charge is -2.19. The van der Waals surface area contributed by atoms with Gasteiger partial charge in [0.05, 0.1) is 17.4 Å². The minimum absolute atomic E-state index is 0.00686. The number of hydrogen-bond acceptors (Lipinski definition) is 5. The third-order valence-electron chi connectivity index (χ3n) is 7.23. The predicted octanol–water partition coefficient (Wildman–Crippen LogP) is 3.65. The van der Waals surface area contributed by atoms with E-state index >= 15 is 0 Å². The van der Waals surface area contributed by atoms with E-state index < -0.39 is 5.91 Å². The fourth-order valence-electron chi connectivity index (χ4n) is 5.47. The lowest BCUT2D eigenvalue weighted by molar-refractivity contribution is -0.140. The van der Waals surface area contributed by atoms with E-state index in [1.807, 2.05) is 0 Å². The van der Waals surface area contributed by atoms with Gasteiger partial charge >= 0.3 is 0 Å². The highest BCUT2D eigenvalue weighted by atomic mass is 32.1. The van der Waals surface area contributed by atoms with Crippen molar-refractivity contribution in [2.24, 2.45) is 23.5 Å². The van der Waals surface area contributed by atoms with Crippen LogP contribution in [0.1, 0.15) is 85.5 Å². The van der Waals surface area contributed by atoms with Crippen molar-refractivity contribution in [3.63, 3.8) is 0 Å². The number of primary amides is 1. The third kappa shape index (κ3) is 4.60. The average Bonchev–Trinajstić information content (AvgIpc) is 3.23. The fourth-order valence-corrected chi connectivity index (χ4v) is 6.90. The van der Waals surface area contributed by atoms with Crippen molar-refractivity contribution in [1.82, 2.24) is 4.90 Å². The number of likely N-dealkylation sites (tertiary alicyclic amines) is 1. The van der Waals surface area contributed by atoms with E-state index in [1.165, 1.54) is 16.2 Å². The van der Waals surface area contributed by atoms with Crippen molar-refractivity contribution in [3.8, 4) is 0 Å². The molecule has 8 heteroatoms. The number of amides is 4. The van der Waals surface area contributed by atoms with Crippen LogP contribution in [-0.2, 0) is 27.2 Å². The Morgan fingerprint density at radius 3 is 2.41 bits per heavy atom. The van der Waals surface area contributed by atoms with Crippen molar-refractivity contribution in [1.29, 1.82) is 0 Å². The summed E-state index contributed by atoms with van der Waals surface area (Å²) in [4.78, 5) is 52.1. The van der Waals surface area contributed by atoms with Crippen LogP contribution in [0.3, 0.4) is 0 Å². The van der Waals surface area contributed by atoms with Gasteiger partial charge < -0.3 is 11.1 Å². The molecular formula is C24H33N3O4S. The molecule has 1 aromatic rings. The smallest absolute Gasteiger partial charge is 0.251 e. The largest absolute Gasteiger partial charge is 0.365 e. The third-order valence-corrected chi connectivity index (χ3v) is 8.40. The molecule has 4 amide bonds. The van der Waals surface area contributed by atoms with Gasteiger partial charge in [-0.2, -0.15) is 0 Å². The quantitative estimate of drug-likeness (QED) is 0.457. The number of thiophene rings is 1. The van der Waals surface area contributed by atoms with Gasteiger partial charge in [-0.05, 0) is 56.4 Å². The molecule has 32 heavy (non-hydrogen) atoms. The number of unbranched alkanes of at least 4 members (excludes halogenated alkanes) is 2. The summed E-state index contributed by atoms with van der Waals surface area (Å²) in [6, 6.07) is 0. The zero-order chi connectivity index (χ0) is 22.8. The standard InChI is InChI=1S/C24H33N3O4S/c1-14-10-11-17-18(13-14)32-22(20(17)21(25)29)26-19(28)9-3-2-6-12-27-23(30)15-7-4-5-8-16(15)24(27)31/h14-16H,2-13H2,1H3,(H2,25,29)(H,26,28). The molecule has 174 valence electrons. The van der Waals surface area contributed by atoms with Gasteiger partial charge in [-0.15, -0.1) is 11.3 Å². The highest BCUT2D eigenvalue weighted by molar-refractivity contribution is 7.17. The van der Waals surface area contributed by atoms with E-state index in [4.69, 9.17) is 5.73 Å². The molecule has 4 rings (SSSR count). The molecule has 1 aromatic heterocycles. The highest BCUT2D eigenvalue weighted by Gasteiger charge is 2.47. The molecule has 2 fully saturated rings. The number of anilines is 1. The number of nitrogens with two attached hydrogens (primary N) is 1. The summed E-state index contributed by atoms with van der Waals surface area (Å²) in [7, 11) is 0. The monoisotopic (exact) mass is 459 g/mol. The van der Waals surface area contributed by atoms with E-state index in [9.17, 15) is 19.2 Å². The Labute approximate surface area is 193 Å². The molecule has 3 unspecified atom stereocenters. The Morgan fingerprint density at radius 2 is 1.75 bits per heavy atom. The first-order valence-corrected chi connectivity index (χ1v) is 12.8. The maximum atomic E-state index is 12.5. The van der Waals surface area contributed by atoms with E-state index in [-0.39, 0.29) is 29.6 Å². The van der Waals surface area contributed by atoms with Crippen LogP contribution < -0.4 is 11.1 Å². The molecule has 2 heterocycles. The number of nitrogens with one attached hydrogen (secondary N) is 1. The molecule has 1 saturated carbocycles. The molecule has 1 aliphatic heterocycles. The number of rotatable bonds is 8. The molecule has 7 nitrogen and oxygen atoms in total. The molecule has 0 spiro atoms. The first kappa shape index (κ1) is 23.0. The van der Waals surface area contributed by atoms with Gasteiger partial charge in [0.1, 0.15) is 5.00 Å². The Kier molecular flexibility index (Phi) is 6.98. The Hall–Kier alpha value is -2.22. The van der Waals surface area contributed by atoms with Gasteiger partial charge in [-0.1, -0.05) is 26.2 Å². The molecule has 3 aliphatic rings. The predicted molar refractivity (Wildman–Crippen MR) is 123 cm³/mol. The van der Waals surface area contributed by atoms with Crippen LogP contribution in [0, 0.1) is 17.8 Å². The van der Waals surface area contributed by atoms with Gasteiger partial charge in [0.25, 0.3) is 5.91 Å². The first-order chi connectivity index (χ1) is 15.4. The van der Waals surface area contributed by atoms with Crippen molar-refractivity contribution >= 4 is 40.0 Å². The summed E-state index contributed by atoms with van der Waals surface area (Å²) in [5, 5.41) is 3.48. The van der Waals surface area contributed by atoms with E-state index in [0.29, 0.717) is 42.3 Å². The highest BCUT2D eigenvalue weighted by Crippen LogP contribution is 2.40. The van der Waals surface area contributed by atoms with Crippen molar-refractivity contribution < 1.29 is 19.2 Å². The Balaban J connectivity index is 1.24. The van der Waals surface area contributed by atoms with Gasteiger partial charge in [0.15, 0.2) is 0 Å². The molecular weight excluding hydrogens is 426 g/mol. The second-order valence-electron chi connectivity index (χ2n) is 9.60. The summed E-state index contributed by atoms with van der Waals surface area (Å²) in [5.74, 6) is -0.211. The van der Waals surface area contributed by atoms with Crippen molar-refractivity contribution in [3.05, 3.63) is 16.0 Å². The number of carbonyl (C=O) groups excluding carboxylic acids is 4. The summed E-state index contributed by atoms with van der Waals surface area (Å²) in [6.07, 6.45) is 9.01. The maximum Gasteiger partial charge on any atom is 0.251 e. The first-order valence-electron chi connectivity index (χ1n) is 12.0. The average molecular weight is 460 g/mol. The Morgan fingerprint density at radius 1 is 1.06 bits per heavy atom. The number of fused-ring (bicyclic) bond motifs is 2. The van der Waals surface area contributed by atoms with Crippen LogP contribution >= 0.6 is 11.3 Å². The molecule has 1 saturated heterocycles. The number of carbonyl (C=O) groups is 4. The van der Waals surface area contributed by atoms with Crippen LogP contribution in [0.25, 0.3) is 0 Å². The summed E-state index contributed by atoms with van der Waals surface area (Å²) < 4.78 is 0. The van der Waals surface area contributed by atoms with E-state index in [0.717, 1.165) is 61.8 Å². The summed E-state index contributed by atoms with van der Waals surface area (Å²) >= 11 is 1.48. The summed E-state index contributed by atoms with van der Waals surface area (Å²) in [6.45, 7) is 2.65. The molecule has 3 atom stereocenters. The normalized spacial score (nSPS) is 24.9. The molecule has 2 aliphatic carbocycles. The SMILES string of the molecule is CC1CCc2c(sc(NC(=O)CCCCCN3C(=O)C4CCCCC4C3=O)c2C(N)=O)C1. The van der Waals surface area contributed by atoms with Crippen LogP contribution in [0.4, 0.5) is 5.00 Å². The minimum Gasteiger partial charge on any atom is -0.365 e. The van der Waals surface area contributed by atoms with Crippen LogP contribution in [0.2, 0.25) is 0 Å². The minimum atomic E-state index is -0.479. The van der Waals surface area contributed by atoms with Gasteiger partial charge in [0, 0.05) is 17.8 Å². The molecule has 0 radical (unpaired) electrons. The lowest BCUT2D eigenvalue weighted by Crippen LogP contribution is -2.32. The number of hydrogen-bond donors (Lipinski definition) is 2. The van der Waals surface area contributed by atoms with Crippen LogP contribution in [0.5, 0.6) is 0 Å². The van der Waals surface area contributed by atoms with E-state index in [2.05, 4.69) is 12.2 Å². The molecule has 0 aromatic carbocycles. The van der Waals surface area contributed by atoms with Crippen LogP contribution in [0.15, 0.2) is 0 Å². The topological polar surface area (TPSA) is 110 Å². The van der Waals surface area contributed by atoms with Gasteiger partial charge in [0.2, 0.25) is 17.7 Å². The maximum absolute atomic E-state index is 12.5. The zero-order valence-corrected chi connectivity index (χ0v) is 19.6. The Bertz CT molecular complexity index is 901. The number of imide groups is 1. The van der Waals surface area contributed by atoms with Crippen LogP contribution in [-0.4, -0.2) is 35.1 Å². The lowest BCUT2D eigenvalue weighted by atomic mass is 9.81. The van der Waals surface area contributed by atoms with Gasteiger partial charge in [-0.3, -0.25) is 24.1 Å². The second-order valence-corrected chi connectivity index (χ2v) is 10.7. The summed E-state index contributed by atoms with van der Waals surface area (Å²) in [5.41, 5.74) is 7.11. The van der Waals surface area contributed by atoms with Gasteiger partial charge in [-0.25, -0.2) is 0 Å². The van der Waals surface area contributed by atoms with E-state index in [1.54, 1.807) is 0 Å². The fraction of sp³-hybridized carbons (Fsp3) is 0.667. The van der Waals surface area contributed by atoms with Crippen molar-refractivity contribution in [2.45, 2.75) is 77.6 Å². The zero-order valence-electron chi connectivity index (χ0n) is 18.8. The molecule has 0 bridgehead atoms. The molecule has 3 N–H and O–H groups in total.